The molecule has 1 amide bonds. The molecule has 0 fully saturated rings. The molecule has 0 saturated carbocycles. The van der Waals surface area contributed by atoms with Crippen LogP contribution in [-0.2, 0) is 14.3 Å². The molecule has 6 nitrogen and oxygen atoms in total. The van der Waals surface area contributed by atoms with Gasteiger partial charge in [-0.3, -0.25) is 9.59 Å². The van der Waals surface area contributed by atoms with Crippen LogP contribution in [-0.4, -0.2) is 46.9 Å². The van der Waals surface area contributed by atoms with Crippen LogP contribution in [0.1, 0.15) is 258 Å². The third kappa shape index (κ3) is 44.2. The summed E-state index contributed by atoms with van der Waals surface area (Å²) in [6, 6.07) is -0.710. The van der Waals surface area contributed by atoms with Gasteiger partial charge >= 0.3 is 5.97 Å². The fraction of sp³-hybridized carbons (Fsp3) is 0.786. The topological polar surface area (TPSA) is 95.9 Å². The highest BCUT2D eigenvalue weighted by Crippen LogP contribution is 2.18. The van der Waals surface area contributed by atoms with Crippen molar-refractivity contribution in [2.24, 2.45) is 0 Å². The van der Waals surface area contributed by atoms with E-state index in [0.717, 1.165) is 70.6 Å². The summed E-state index contributed by atoms with van der Waals surface area (Å²) in [4.78, 5) is 26.2. The number of carbonyl (C=O) groups is 2. The molecular weight excluding hydrogens is 767 g/mol. The van der Waals surface area contributed by atoms with Crippen molar-refractivity contribution >= 4 is 11.9 Å². The van der Waals surface area contributed by atoms with Gasteiger partial charge < -0.3 is 20.3 Å². The van der Waals surface area contributed by atoms with Gasteiger partial charge in [0.05, 0.1) is 25.2 Å². The predicted molar refractivity (Wildman–Crippen MR) is 268 cm³/mol. The van der Waals surface area contributed by atoms with Gasteiger partial charge in [-0.1, -0.05) is 261 Å². The highest BCUT2D eigenvalue weighted by molar-refractivity contribution is 5.77. The zero-order valence-corrected chi connectivity index (χ0v) is 41.0. The lowest BCUT2D eigenvalue weighted by Gasteiger charge is -2.24. The monoisotopic (exact) mass is 868 g/mol. The number of ether oxygens (including phenoxy) is 1. The fourth-order valence-corrected chi connectivity index (χ4v) is 7.98. The number of carbonyl (C=O) groups excluding carboxylic acids is 2. The Balaban J connectivity index is 4.61. The Bertz CT molecular complexity index is 1110. The molecule has 0 aliphatic heterocycles. The molecule has 3 unspecified atom stereocenters. The number of nitrogens with one attached hydrogen (secondary N) is 1. The third-order valence-electron chi connectivity index (χ3n) is 12.0. The van der Waals surface area contributed by atoms with Crippen molar-refractivity contribution in [1.82, 2.24) is 5.32 Å². The van der Waals surface area contributed by atoms with Crippen LogP contribution < -0.4 is 5.32 Å². The average Bonchev–Trinajstić information content (AvgIpc) is 3.26. The second kappa shape index (κ2) is 49.6. The minimum Gasteiger partial charge on any atom is -0.462 e. The average molecular weight is 868 g/mol. The van der Waals surface area contributed by atoms with Crippen molar-refractivity contribution < 1.29 is 24.5 Å². The molecule has 0 rings (SSSR count). The summed E-state index contributed by atoms with van der Waals surface area (Å²) in [5, 5.41) is 23.8. The van der Waals surface area contributed by atoms with E-state index < -0.39 is 18.2 Å². The quantitative estimate of drug-likeness (QED) is 0.0322. The summed E-state index contributed by atoms with van der Waals surface area (Å²) in [6.45, 7) is 6.35. The summed E-state index contributed by atoms with van der Waals surface area (Å²) in [6.07, 6.45) is 61.3. The highest BCUT2D eigenvalue weighted by atomic mass is 16.5. The van der Waals surface area contributed by atoms with Crippen LogP contribution in [0.25, 0.3) is 0 Å². The maximum Gasteiger partial charge on any atom is 0.306 e. The van der Waals surface area contributed by atoms with E-state index >= 15 is 0 Å². The molecule has 3 N–H and O–H groups in total. The van der Waals surface area contributed by atoms with Crippen LogP contribution in [0, 0.1) is 0 Å². The molecule has 0 aromatic carbocycles. The van der Waals surface area contributed by atoms with Crippen molar-refractivity contribution in [2.75, 3.05) is 6.61 Å². The minimum absolute atomic E-state index is 0.0614. The van der Waals surface area contributed by atoms with Gasteiger partial charge in [0.1, 0.15) is 6.10 Å². The van der Waals surface area contributed by atoms with E-state index in [1.165, 1.54) is 141 Å². The molecule has 0 aromatic rings. The number of aliphatic hydroxyl groups is 2. The van der Waals surface area contributed by atoms with Crippen LogP contribution in [0.4, 0.5) is 0 Å². The Labute approximate surface area is 384 Å². The number of aliphatic hydroxyl groups excluding tert-OH is 2. The number of esters is 1. The zero-order valence-electron chi connectivity index (χ0n) is 41.0. The molecule has 360 valence electrons. The number of hydrogen-bond donors (Lipinski definition) is 3. The second-order valence-electron chi connectivity index (χ2n) is 18.0. The van der Waals surface area contributed by atoms with Crippen molar-refractivity contribution in [1.29, 1.82) is 0 Å². The standard InChI is InChI=1S/C56H101NO5/c1-4-7-10-13-16-19-22-25-27-30-33-36-39-42-45-48-54(59)53(51-58)57-55(60)50-52(47-44-41-38-35-32-29-24-21-18-15-12-9-6-3)62-56(61)49-46-43-40-37-34-31-28-26-23-20-17-14-11-8-5-2/h8,11,14,17,20,23,26,28,31,34,52-54,58-59H,4-7,9-10,12-13,15-16,18-19,21-22,24-25,27,29-30,32-33,35-51H2,1-3H3,(H,57,60)/b11-8+,17-14+,23-20-,28-26-,34-31+. The molecule has 0 aromatic heterocycles. The first-order valence-corrected chi connectivity index (χ1v) is 26.6. The Morgan fingerprint density at radius 3 is 1.31 bits per heavy atom. The molecular formula is C56H101NO5. The van der Waals surface area contributed by atoms with Crippen LogP contribution >= 0.6 is 0 Å². The minimum atomic E-state index is -0.795. The second-order valence-corrected chi connectivity index (χ2v) is 18.0. The van der Waals surface area contributed by atoms with E-state index in [9.17, 15) is 19.8 Å². The van der Waals surface area contributed by atoms with Gasteiger partial charge in [0.25, 0.3) is 0 Å². The number of unbranched alkanes of at least 4 members (excludes halogenated alkanes) is 29. The number of allylic oxidation sites excluding steroid dienone is 10. The van der Waals surface area contributed by atoms with E-state index in [1.807, 2.05) is 36.5 Å². The van der Waals surface area contributed by atoms with E-state index in [-0.39, 0.29) is 24.9 Å². The van der Waals surface area contributed by atoms with E-state index in [0.29, 0.717) is 19.3 Å². The SMILES string of the molecule is CC/C=C/C=C/C=C\C=C/C=C/CCCCCC(=O)OC(CCCCCCCCCCCCCCC)CC(=O)NC(CO)C(O)CCCCCCCCCCCCCCCCC. The smallest absolute Gasteiger partial charge is 0.306 e. The lowest BCUT2D eigenvalue weighted by molar-refractivity contribution is -0.151. The highest BCUT2D eigenvalue weighted by Gasteiger charge is 2.24. The third-order valence-corrected chi connectivity index (χ3v) is 12.0. The van der Waals surface area contributed by atoms with Crippen LogP contribution in [0.15, 0.2) is 60.8 Å². The van der Waals surface area contributed by atoms with Crippen LogP contribution in [0.3, 0.4) is 0 Å². The Kier molecular flexibility index (Phi) is 47.6. The van der Waals surface area contributed by atoms with Crippen molar-refractivity contribution in [3.05, 3.63) is 60.8 Å². The number of rotatable bonds is 47. The molecule has 0 radical (unpaired) electrons. The van der Waals surface area contributed by atoms with Gasteiger partial charge in [0, 0.05) is 6.42 Å². The van der Waals surface area contributed by atoms with Crippen LogP contribution in [0.5, 0.6) is 0 Å². The molecule has 6 heteroatoms. The summed E-state index contributed by atoms with van der Waals surface area (Å²) >= 11 is 0. The van der Waals surface area contributed by atoms with Crippen molar-refractivity contribution in [3.8, 4) is 0 Å². The fourth-order valence-electron chi connectivity index (χ4n) is 7.98. The summed E-state index contributed by atoms with van der Waals surface area (Å²) in [7, 11) is 0. The lowest BCUT2D eigenvalue weighted by atomic mass is 10.0. The van der Waals surface area contributed by atoms with E-state index in [4.69, 9.17) is 4.74 Å². The zero-order chi connectivity index (χ0) is 45.2. The maximum absolute atomic E-state index is 13.2. The predicted octanol–water partition coefficient (Wildman–Crippen LogP) is 16.0. The molecule has 3 atom stereocenters. The van der Waals surface area contributed by atoms with Gasteiger partial charge in [0.15, 0.2) is 0 Å². The normalized spacial score (nSPS) is 13.7. The molecule has 0 aliphatic carbocycles. The molecule has 0 heterocycles. The van der Waals surface area contributed by atoms with Crippen molar-refractivity contribution in [3.63, 3.8) is 0 Å². The molecule has 62 heavy (non-hydrogen) atoms. The number of amides is 1. The lowest BCUT2D eigenvalue weighted by Crippen LogP contribution is -2.46. The maximum atomic E-state index is 13.2. The first-order chi connectivity index (χ1) is 30.5. The van der Waals surface area contributed by atoms with Crippen LogP contribution in [0.2, 0.25) is 0 Å². The largest absolute Gasteiger partial charge is 0.462 e. The van der Waals surface area contributed by atoms with Gasteiger partial charge in [0.2, 0.25) is 5.91 Å². The van der Waals surface area contributed by atoms with E-state index in [1.54, 1.807) is 0 Å². The number of hydrogen-bond acceptors (Lipinski definition) is 5. The summed E-state index contributed by atoms with van der Waals surface area (Å²) in [5.74, 6) is -0.516. The molecule has 0 bridgehead atoms. The van der Waals surface area contributed by atoms with Gasteiger partial charge in [-0.15, -0.1) is 0 Å². The van der Waals surface area contributed by atoms with Gasteiger partial charge in [-0.2, -0.15) is 0 Å². The van der Waals surface area contributed by atoms with Gasteiger partial charge in [-0.05, 0) is 44.9 Å². The Hall–Kier alpha value is -2.44. The summed E-state index contributed by atoms with van der Waals surface area (Å²) in [5.41, 5.74) is 0. The molecule has 0 saturated heterocycles. The molecule has 0 aliphatic rings. The van der Waals surface area contributed by atoms with Crippen molar-refractivity contribution in [2.45, 2.75) is 277 Å². The first-order valence-electron chi connectivity index (χ1n) is 26.6. The Morgan fingerprint density at radius 2 is 0.871 bits per heavy atom. The Morgan fingerprint density at radius 1 is 0.484 bits per heavy atom. The molecule has 0 spiro atoms. The first kappa shape index (κ1) is 59.6. The van der Waals surface area contributed by atoms with E-state index in [2.05, 4.69) is 50.4 Å². The van der Waals surface area contributed by atoms with Gasteiger partial charge in [-0.25, -0.2) is 0 Å². The summed E-state index contributed by atoms with van der Waals surface area (Å²) < 4.78 is 5.92.